The maximum atomic E-state index is 12.6. The van der Waals surface area contributed by atoms with E-state index in [0.717, 1.165) is 23.8 Å². The van der Waals surface area contributed by atoms with E-state index in [9.17, 15) is 9.59 Å². The fourth-order valence-corrected chi connectivity index (χ4v) is 4.90. The number of hydrogen-bond acceptors (Lipinski definition) is 2. The summed E-state index contributed by atoms with van der Waals surface area (Å²) in [6.07, 6.45) is 6.07. The van der Waals surface area contributed by atoms with Crippen LogP contribution in [0.3, 0.4) is 0 Å². The maximum absolute atomic E-state index is 12.6. The summed E-state index contributed by atoms with van der Waals surface area (Å²) in [6, 6.07) is 9.41. The molecule has 3 fully saturated rings. The lowest BCUT2D eigenvalue weighted by molar-refractivity contribution is -0.134. The largest absolute Gasteiger partial charge is 0.339 e. The molecule has 3 atom stereocenters. The molecule has 24 heavy (non-hydrogen) atoms. The van der Waals surface area contributed by atoms with Crippen LogP contribution in [0.1, 0.15) is 42.5 Å². The Morgan fingerprint density at radius 3 is 2.25 bits per heavy atom. The SMILES string of the molecule is O=C(CC1CC2CCC1C2)N1CCN(C(=O)c2ccccc2)CC1. The van der Waals surface area contributed by atoms with E-state index in [4.69, 9.17) is 0 Å². The summed E-state index contributed by atoms with van der Waals surface area (Å²) in [7, 11) is 0. The second-order valence-corrected chi connectivity index (χ2v) is 7.68. The van der Waals surface area contributed by atoms with Gasteiger partial charge in [0.25, 0.3) is 5.91 Å². The van der Waals surface area contributed by atoms with E-state index in [0.29, 0.717) is 38.0 Å². The van der Waals surface area contributed by atoms with Gasteiger partial charge in [-0.3, -0.25) is 9.59 Å². The van der Waals surface area contributed by atoms with Crippen LogP contribution in [0.15, 0.2) is 30.3 Å². The molecule has 0 N–H and O–H groups in total. The summed E-state index contributed by atoms with van der Waals surface area (Å²) in [5.74, 6) is 2.71. The van der Waals surface area contributed by atoms with Crippen molar-refractivity contribution in [1.29, 1.82) is 0 Å². The lowest BCUT2D eigenvalue weighted by Crippen LogP contribution is -2.51. The number of carbonyl (C=O) groups excluding carboxylic acids is 2. The van der Waals surface area contributed by atoms with Crippen LogP contribution in [0.25, 0.3) is 0 Å². The van der Waals surface area contributed by atoms with Crippen molar-refractivity contribution in [2.24, 2.45) is 17.8 Å². The van der Waals surface area contributed by atoms with Gasteiger partial charge >= 0.3 is 0 Å². The highest BCUT2D eigenvalue weighted by atomic mass is 16.2. The second kappa shape index (κ2) is 6.58. The van der Waals surface area contributed by atoms with Crippen LogP contribution in [0, 0.1) is 17.8 Å². The Morgan fingerprint density at radius 2 is 1.62 bits per heavy atom. The molecule has 2 amide bonds. The van der Waals surface area contributed by atoms with Crippen molar-refractivity contribution in [1.82, 2.24) is 9.80 Å². The lowest BCUT2D eigenvalue weighted by atomic mass is 9.86. The summed E-state index contributed by atoms with van der Waals surface area (Å²) in [6.45, 7) is 2.66. The Hall–Kier alpha value is -1.84. The molecule has 0 aromatic heterocycles. The van der Waals surface area contributed by atoms with Crippen LogP contribution >= 0.6 is 0 Å². The molecule has 3 aliphatic rings. The van der Waals surface area contributed by atoms with Crippen molar-refractivity contribution in [3.63, 3.8) is 0 Å². The van der Waals surface area contributed by atoms with Crippen molar-refractivity contribution in [2.45, 2.75) is 32.1 Å². The summed E-state index contributed by atoms with van der Waals surface area (Å²) in [4.78, 5) is 28.9. The zero-order valence-electron chi connectivity index (χ0n) is 14.2. The van der Waals surface area contributed by atoms with Crippen LogP contribution < -0.4 is 0 Å². The van der Waals surface area contributed by atoms with Crippen LogP contribution in [-0.4, -0.2) is 47.8 Å². The first-order valence-corrected chi connectivity index (χ1v) is 9.33. The molecule has 3 unspecified atom stereocenters. The van der Waals surface area contributed by atoms with Gasteiger partial charge in [-0.1, -0.05) is 24.6 Å². The molecule has 1 aromatic carbocycles. The monoisotopic (exact) mass is 326 g/mol. The van der Waals surface area contributed by atoms with Crippen molar-refractivity contribution < 1.29 is 9.59 Å². The summed E-state index contributed by atoms with van der Waals surface area (Å²) in [5.41, 5.74) is 0.735. The Kier molecular flexibility index (Phi) is 4.30. The van der Waals surface area contributed by atoms with Gasteiger partial charge in [-0.05, 0) is 49.1 Å². The van der Waals surface area contributed by atoms with E-state index in [-0.39, 0.29) is 5.91 Å². The molecule has 2 saturated carbocycles. The zero-order chi connectivity index (χ0) is 16.5. The number of piperazine rings is 1. The van der Waals surface area contributed by atoms with Crippen molar-refractivity contribution in [3.05, 3.63) is 35.9 Å². The average molecular weight is 326 g/mol. The molecule has 4 rings (SSSR count). The highest BCUT2D eigenvalue weighted by Crippen LogP contribution is 2.49. The van der Waals surface area contributed by atoms with Gasteiger partial charge in [0.15, 0.2) is 0 Å². The minimum absolute atomic E-state index is 0.0794. The number of carbonyl (C=O) groups is 2. The number of fused-ring (bicyclic) bond motifs is 2. The first-order chi connectivity index (χ1) is 11.7. The van der Waals surface area contributed by atoms with Crippen LogP contribution in [-0.2, 0) is 4.79 Å². The first kappa shape index (κ1) is 15.7. The van der Waals surface area contributed by atoms with Crippen LogP contribution in [0.4, 0.5) is 0 Å². The van der Waals surface area contributed by atoms with Crippen molar-refractivity contribution in [2.75, 3.05) is 26.2 Å². The minimum atomic E-state index is 0.0794. The van der Waals surface area contributed by atoms with Gasteiger partial charge in [0.2, 0.25) is 5.91 Å². The van der Waals surface area contributed by atoms with Crippen LogP contribution in [0.2, 0.25) is 0 Å². The molecule has 128 valence electrons. The predicted molar refractivity (Wildman–Crippen MR) is 92.5 cm³/mol. The standard InChI is InChI=1S/C20H26N2O2/c23-19(14-18-13-15-6-7-17(18)12-15)21-8-10-22(11-9-21)20(24)16-4-2-1-3-5-16/h1-5,15,17-18H,6-14H2. The average Bonchev–Trinajstić information content (AvgIpc) is 3.25. The number of hydrogen-bond donors (Lipinski definition) is 0. The molecule has 2 aliphatic carbocycles. The quantitative estimate of drug-likeness (QED) is 0.857. The van der Waals surface area contributed by atoms with Gasteiger partial charge in [-0.15, -0.1) is 0 Å². The van der Waals surface area contributed by atoms with Gasteiger partial charge in [0.05, 0.1) is 0 Å². The van der Waals surface area contributed by atoms with Gasteiger partial charge in [-0.2, -0.15) is 0 Å². The molecule has 1 aliphatic heterocycles. The van der Waals surface area contributed by atoms with Gasteiger partial charge in [0, 0.05) is 38.2 Å². The Bertz CT molecular complexity index is 607. The highest BCUT2D eigenvalue weighted by molar-refractivity contribution is 5.94. The summed E-state index contributed by atoms with van der Waals surface area (Å²) < 4.78 is 0. The smallest absolute Gasteiger partial charge is 0.253 e. The van der Waals surface area contributed by atoms with Gasteiger partial charge in [0.1, 0.15) is 0 Å². The second-order valence-electron chi connectivity index (χ2n) is 7.68. The molecular weight excluding hydrogens is 300 g/mol. The lowest BCUT2D eigenvalue weighted by Gasteiger charge is -2.35. The summed E-state index contributed by atoms with van der Waals surface area (Å²) in [5, 5.41) is 0. The first-order valence-electron chi connectivity index (χ1n) is 9.33. The van der Waals surface area contributed by atoms with Crippen molar-refractivity contribution >= 4 is 11.8 Å². The minimum Gasteiger partial charge on any atom is -0.339 e. The molecule has 1 heterocycles. The van der Waals surface area contributed by atoms with Gasteiger partial charge in [-0.25, -0.2) is 0 Å². The van der Waals surface area contributed by atoms with E-state index >= 15 is 0 Å². The van der Waals surface area contributed by atoms with E-state index in [1.54, 1.807) is 0 Å². The number of rotatable bonds is 3. The molecule has 1 saturated heterocycles. The predicted octanol–water partition coefficient (Wildman–Crippen LogP) is 2.80. The molecule has 4 nitrogen and oxygen atoms in total. The molecule has 0 spiro atoms. The summed E-state index contributed by atoms with van der Waals surface area (Å²) >= 11 is 0. The topological polar surface area (TPSA) is 40.6 Å². The Balaban J connectivity index is 1.28. The highest BCUT2D eigenvalue weighted by Gasteiger charge is 2.40. The van der Waals surface area contributed by atoms with E-state index < -0.39 is 0 Å². The molecule has 4 heteroatoms. The molecule has 1 aromatic rings. The van der Waals surface area contributed by atoms with E-state index in [2.05, 4.69) is 0 Å². The normalized spacial score (nSPS) is 29.1. The third kappa shape index (κ3) is 3.06. The van der Waals surface area contributed by atoms with Crippen LogP contribution in [0.5, 0.6) is 0 Å². The fourth-order valence-electron chi connectivity index (χ4n) is 4.90. The number of nitrogens with zero attached hydrogens (tertiary/aromatic N) is 2. The Labute approximate surface area is 143 Å². The molecule has 0 radical (unpaired) electrons. The van der Waals surface area contributed by atoms with Gasteiger partial charge < -0.3 is 9.80 Å². The third-order valence-electron chi connectivity index (χ3n) is 6.26. The van der Waals surface area contributed by atoms with E-state index in [1.165, 1.54) is 25.7 Å². The molecule has 2 bridgehead atoms. The third-order valence-corrected chi connectivity index (χ3v) is 6.26. The fraction of sp³-hybridized carbons (Fsp3) is 0.600. The number of benzene rings is 1. The molecular formula is C20H26N2O2. The number of amides is 2. The van der Waals surface area contributed by atoms with E-state index in [1.807, 2.05) is 40.1 Å². The Morgan fingerprint density at radius 1 is 0.917 bits per heavy atom. The maximum Gasteiger partial charge on any atom is 0.253 e. The zero-order valence-corrected chi connectivity index (χ0v) is 14.2. The van der Waals surface area contributed by atoms with Crippen molar-refractivity contribution in [3.8, 4) is 0 Å².